The van der Waals surface area contributed by atoms with Gasteiger partial charge in [0.25, 0.3) is 5.91 Å². The van der Waals surface area contributed by atoms with Crippen LogP contribution in [0, 0.1) is 0 Å². The van der Waals surface area contributed by atoms with E-state index in [1.807, 2.05) is 0 Å². The molecule has 15 heavy (non-hydrogen) atoms. The number of hydrogen-bond donors (Lipinski definition) is 4. The summed E-state index contributed by atoms with van der Waals surface area (Å²) in [5.74, 6) is -1.56. The number of hydroxylamine groups is 1. The van der Waals surface area contributed by atoms with E-state index < -0.39 is 23.5 Å². The average molecular weight is 216 g/mol. The normalized spacial score (nSPS) is 20.9. The van der Waals surface area contributed by atoms with Crippen molar-refractivity contribution in [1.29, 1.82) is 0 Å². The fourth-order valence-corrected chi connectivity index (χ4v) is 2.00. The fraction of sp³-hybridized carbons (Fsp3) is 0.778. The minimum absolute atomic E-state index is 0.548. The average Bonchev–Trinajstić information content (AvgIpc) is 2.66. The van der Waals surface area contributed by atoms with E-state index in [0.717, 1.165) is 12.8 Å². The van der Waals surface area contributed by atoms with E-state index in [0.29, 0.717) is 12.8 Å². The lowest BCUT2D eigenvalue weighted by Gasteiger charge is -2.29. The van der Waals surface area contributed by atoms with Crippen molar-refractivity contribution in [1.82, 2.24) is 10.8 Å². The maximum absolute atomic E-state index is 11.5. The Morgan fingerprint density at radius 2 is 1.87 bits per heavy atom. The zero-order chi connectivity index (χ0) is 11.5. The highest BCUT2D eigenvalue weighted by Gasteiger charge is 2.42. The van der Waals surface area contributed by atoms with Crippen molar-refractivity contribution in [3.8, 4) is 0 Å². The summed E-state index contributed by atoms with van der Waals surface area (Å²) in [6.07, 6.45) is 2.81. The smallest absolute Gasteiger partial charge is 0.320 e. The summed E-state index contributed by atoms with van der Waals surface area (Å²) >= 11 is 0. The molecule has 1 amide bonds. The van der Waals surface area contributed by atoms with Gasteiger partial charge in [-0.05, 0) is 19.8 Å². The molecule has 0 saturated heterocycles. The molecule has 1 unspecified atom stereocenters. The molecule has 6 heteroatoms. The Balaban J connectivity index is 2.74. The first-order valence-corrected chi connectivity index (χ1v) is 4.97. The molecule has 4 N–H and O–H groups in total. The third kappa shape index (κ3) is 2.45. The lowest BCUT2D eigenvalue weighted by Crippen LogP contribution is -2.58. The molecule has 6 nitrogen and oxygen atoms in total. The molecule has 0 aliphatic heterocycles. The largest absolute Gasteiger partial charge is 0.480 e. The Hall–Kier alpha value is -1.14. The lowest BCUT2D eigenvalue weighted by molar-refractivity contribution is -0.142. The topological polar surface area (TPSA) is 98.7 Å². The Morgan fingerprint density at radius 3 is 2.27 bits per heavy atom. The summed E-state index contributed by atoms with van der Waals surface area (Å²) in [5.41, 5.74) is 0.674. The number of amides is 1. The second kappa shape index (κ2) is 4.59. The van der Waals surface area contributed by atoms with Gasteiger partial charge < -0.3 is 5.11 Å². The van der Waals surface area contributed by atoms with Crippen molar-refractivity contribution in [2.45, 2.75) is 44.2 Å². The van der Waals surface area contributed by atoms with Crippen LogP contribution in [-0.2, 0) is 9.59 Å². The first kappa shape index (κ1) is 11.9. The molecular formula is C9H16N2O4. The number of carbonyl (C=O) groups excluding carboxylic acids is 1. The van der Waals surface area contributed by atoms with Crippen LogP contribution in [0.25, 0.3) is 0 Å². The van der Waals surface area contributed by atoms with Crippen LogP contribution in [0.15, 0.2) is 0 Å². The van der Waals surface area contributed by atoms with Gasteiger partial charge in [0.1, 0.15) is 11.6 Å². The van der Waals surface area contributed by atoms with Crippen LogP contribution >= 0.6 is 0 Å². The summed E-state index contributed by atoms with van der Waals surface area (Å²) in [4.78, 5) is 22.2. The summed E-state index contributed by atoms with van der Waals surface area (Å²) < 4.78 is 0. The minimum atomic E-state index is -1.01. The van der Waals surface area contributed by atoms with Crippen LogP contribution in [0.1, 0.15) is 32.6 Å². The molecule has 0 aromatic carbocycles. The highest BCUT2D eigenvalue weighted by molar-refractivity contribution is 5.86. The van der Waals surface area contributed by atoms with Crippen LogP contribution in [0.2, 0.25) is 0 Å². The van der Waals surface area contributed by atoms with Crippen LogP contribution in [0.3, 0.4) is 0 Å². The van der Waals surface area contributed by atoms with Crippen molar-refractivity contribution in [2.75, 3.05) is 0 Å². The molecule has 0 spiro atoms. The molecule has 0 aromatic rings. The predicted molar refractivity (Wildman–Crippen MR) is 51.4 cm³/mol. The molecule has 1 aliphatic carbocycles. The number of rotatable bonds is 4. The standard InChI is InChI=1S/C9H16N2O4/c1-6(7(12)13)10-9(8(14)11-15)4-2-3-5-9/h6,10,15H,2-5H2,1H3,(H,11,14)(H,12,13). The first-order chi connectivity index (χ1) is 7.02. The number of carbonyl (C=O) groups is 2. The highest BCUT2D eigenvalue weighted by Crippen LogP contribution is 2.30. The highest BCUT2D eigenvalue weighted by atomic mass is 16.5. The quantitative estimate of drug-likeness (QED) is 0.387. The predicted octanol–water partition coefficient (Wildman–Crippen LogP) is -0.133. The van der Waals surface area contributed by atoms with Gasteiger partial charge in [-0.1, -0.05) is 12.8 Å². The van der Waals surface area contributed by atoms with Gasteiger partial charge in [-0.2, -0.15) is 0 Å². The number of aliphatic carboxylic acids is 1. The van der Waals surface area contributed by atoms with Crippen LogP contribution < -0.4 is 10.8 Å². The third-order valence-corrected chi connectivity index (χ3v) is 2.86. The van der Waals surface area contributed by atoms with Gasteiger partial charge in [-0.25, -0.2) is 5.48 Å². The summed E-state index contributed by atoms with van der Waals surface area (Å²) in [6, 6.07) is -0.805. The molecule has 1 saturated carbocycles. The van der Waals surface area contributed by atoms with Gasteiger partial charge in [0.15, 0.2) is 0 Å². The number of nitrogens with one attached hydrogen (secondary N) is 2. The number of carboxylic acids is 1. The van der Waals surface area contributed by atoms with E-state index in [1.165, 1.54) is 6.92 Å². The van der Waals surface area contributed by atoms with Crippen LogP contribution in [0.4, 0.5) is 0 Å². The zero-order valence-electron chi connectivity index (χ0n) is 8.62. The van der Waals surface area contributed by atoms with E-state index >= 15 is 0 Å². The molecule has 0 heterocycles. The van der Waals surface area contributed by atoms with Crippen molar-refractivity contribution in [3.05, 3.63) is 0 Å². The molecule has 0 bridgehead atoms. The van der Waals surface area contributed by atoms with E-state index in [1.54, 1.807) is 5.48 Å². The Labute approximate surface area is 87.6 Å². The fourth-order valence-electron chi connectivity index (χ4n) is 2.00. The summed E-state index contributed by atoms with van der Waals surface area (Å²) in [6.45, 7) is 1.48. The molecule has 0 aromatic heterocycles. The van der Waals surface area contributed by atoms with E-state index in [-0.39, 0.29) is 0 Å². The second-order valence-electron chi connectivity index (χ2n) is 3.93. The van der Waals surface area contributed by atoms with Crippen LogP contribution in [-0.4, -0.2) is 33.8 Å². The van der Waals surface area contributed by atoms with Gasteiger partial charge in [-0.15, -0.1) is 0 Å². The maximum Gasteiger partial charge on any atom is 0.320 e. The molecule has 1 atom stereocenters. The van der Waals surface area contributed by atoms with E-state index in [2.05, 4.69) is 5.32 Å². The monoisotopic (exact) mass is 216 g/mol. The molecule has 1 fully saturated rings. The van der Waals surface area contributed by atoms with Crippen molar-refractivity contribution in [2.24, 2.45) is 0 Å². The van der Waals surface area contributed by atoms with E-state index in [9.17, 15) is 9.59 Å². The summed E-state index contributed by atoms with van der Waals surface area (Å²) in [7, 11) is 0. The molecular weight excluding hydrogens is 200 g/mol. The van der Waals surface area contributed by atoms with Crippen molar-refractivity contribution in [3.63, 3.8) is 0 Å². The van der Waals surface area contributed by atoms with E-state index in [4.69, 9.17) is 10.3 Å². The number of carboxylic acid groups (broad SMARTS) is 1. The SMILES string of the molecule is CC(NC1(C(=O)NO)CCCC1)C(=O)O. The molecule has 1 rings (SSSR count). The zero-order valence-corrected chi connectivity index (χ0v) is 8.62. The maximum atomic E-state index is 11.5. The Morgan fingerprint density at radius 1 is 1.33 bits per heavy atom. The second-order valence-corrected chi connectivity index (χ2v) is 3.93. The molecule has 0 radical (unpaired) electrons. The van der Waals surface area contributed by atoms with Gasteiger partial charge >= 0.3 is 5.97 Å². The van der Waals surface area contributed by atoms with Gasteiger partial charge in [0, 0.05) is 0 Å². The van der Waals surface area contributed by atoms with Crippen molar-refractivity contribution >= 4 is 11.9 Å². The van der Waals surface area contributed by atoms with Crippen LogP contribution in [0.5, 0.6) is 0 Å². The third-order valence-electron chi connectivity index (χ3n) is 2.86. The van der Waals surface area contributed by atoms with Gasteiger partial charge in [0.05, 0.1) is 0 Å². The Bertz CT molecular complexity index is 261. The van der Waals surface area contributed by atoms with Gasteiger partial charge in [-0.3, -0.25) is 20.1 Å². The Kier molecular flexibility index (Phi) is 3.65. The first-order valence-electron chi connectivity index (χ1n) is 4.97. The molecule has 1 aliphatic rings. The lowest BCUT2D eigenvalue weighted by atomic mass is 9.95. The van der Waals surface area contributed by atoms with Gasteiger partial charge in [0.2, 0.25) is 0 Å². The van der Waals surface area contributed by atoms with Crippen molar-refractivity contribution < 1.29 is 19.9 Å². The molecule has 86 valence electrons. The number of hydrogen-bond acceptors (Lipinski definition) is 4. The minimum Gasteiger partial charge on any atom is -0.480 e. The summed E-state index contributed by atoms with van der Waals surface area (Å²) in [5, 5.41) is 20.2.